The molecule has 0 aliphatic carbocycles. The van der Waals surface area contributed by atoms with E-state index in [1.54, 1.807) is 7.11 Å². The molecule has 1 N–H and O–H groups in total. The van der Waals surface area contributed by atoms with Crippen molar-refractivity contribution in [2.24, 2.45) is 0 Å². The molecular weight excluding hydrogens is 596 g/mol. The number of hydrogen-bond acceptors (Lipinski definition) is 7. The van der Waals surface area contributed by atoms with Crippen molar-refractivity contribution in [3.63, 3.8) is 0 Å². The molecule has 0 amide bonds. The minimum Gasteiger partial charge on any atom is -0.413 e. The van der Waals surface area contributed by atoms with Gasteiger partial charge in [-0.1, -0.05) is 133 Å². The van der Waals surface area contributed by atoms with Gasteiger partial charge in [0, 0.05) is 7.11 Å². The highest BCUT2D eigenvalue weighted by Gasteiger charge is 2.52. The number of hydrogen-bond donors (Lipinski definition) is 1. The summed E-state index contributed by atoms with van der Waals surface area (Å²) in [5, 5.41) is 11.9. The van der Waals surface area contributed by atoms with E-state index in [1.807, 2.05) is 91.0 Å². The van der Waals surface area contributed by atoms with E-state index in [1.165, 1.54) is 0 Å². The summed E-state index contributed by atoms with van der Waals surface area (Å²) in [4.78, 5) is 0. The highest BCUT2D eigenvalue weighted by atomic mass is 28.4. The van der Waals surface area contributed by atoms with E-state index < -0.39 is 45.1 Å². The van der Waals surface area contributed by atoms with Crippen LogP contribution in [-0.4, -0.2) is 64.0 Å². The molecule has 1 aliphatic heterocycles. The Morgan fingerprint density at radius 2 is 1.00 bits per heavy atom. The molecule has 0 unspecified atom stereocenters. The molecule has 252 valence electrons. The first-order valence-corrected chi connectivity index (χ1v) is 18.8. The van der Waals surface area contributed by atoms with E-state index in [0.717, 1.165) is 16.7 Å². The molecule has 1 saturated heterocycles. The summed E-state index contributed by atoms with van der Waals surface area (Å²) >= 11 is 0. The zero-order valence-electron chi connectivity index (χ0n) is 28.6. The minimum atomic E-state index is -2.26. The highest BCUT2D eigenvalue weighted by Crippen LogP contribution is 2.42. The summed E-state index contributed by atoms with van der Waals surface area (Å²) in [5.41, 5.74) is 4.18. The van der Waals surface area contributed by atoms with Gasteiger partial charge in [-0.25, -0.2) is 0 Å². The van der Waals surface area contributed by atoms with Crippen LogP contribution in [0.25, 0.3) is 0 Å². The zero-order valence-corrected chi connectivity index (χ0v) is 29.6. The second-order valence-electron chi connectivity index (χ2n) is 13.2. The maximum absolute atomic E-state index is 11.9. The first-order valence-electron chi connectivity index (χ1n) is 16.6. The van der Waals surface area contributed by atoms with Gasteiger partial charge in [-0.05, 0) is 33.3 Å². The van der Waals surface area contributed by atoms with Crippen LogP contribution in [0.3, 0.4) is 0 Å². The summed E-state index contributed by atoms with van der Waals surface area (Å²) < 4.78 is 39.2. The third-order valence-electron chi connectivity index (χ3n) is 9.21. The van der Waals surface area contributed by atoms with E-state index in [9.17, 15) is 5.11 Å². The molecule has 3 aromatic rings. The first-order chi connectivity index (χ1) is 22.2. The second kappa shape index (κ2) is 17.7. The summed E-state index contributed by atoms with van der Waals surface area (Å²) in [5.74, 6) is 0. The molecule has 1 fully saturated rings. The Labute approximate surface area is 277 Å². The molecule has 1 heterocycles. The van der Waals surface area contributed by atoms with E-state index in [0.29, 0.717) is 36.4 Å². The standard InChI is InChI=1S/C38H54O7Si/c1-27(2)46(28(3)4,29(5)6)44-26-33(39)34-35(41-23-30-17-11-8-12-18-30)36(42-24-31-19-13-9-14-20-31)37(38(40-7)45-34)43-25-32-21-15-10-16-22-32/h8-22,27-29,33-39H,23-26H2,1-7H3/t33-,34+,35+,36-,37-,38+/m0/s1. The number of rotatable bonds is 17. The summed E-state index contributed by atoms with van der Waals surface area (Å²) in [7, 11) is -0.662. The molecule has 0 radical (unpaired) electrons. The molecule has 8 heteroatoms. The van der Waals surface area contributed by atoms with Gasteiger partial charge in [0.1, 0.15) is 30.5 Å². The Morgan fingerprint density at radius 3 is 1.39 bits per heavy atom. The van der Waals surface area contributed by atoms with Crippen molar-refractivity contribution in [1.82, 2.24) is 0 Å². The predicted molar refractivity (Wildman–Crippen MR) is 184 cm³/mol. The van der Waals surface area contributed by atoms with Crippen LogP contribution in [0, 0.1) is 0 Å². The fourth-order valence-corrected chi connectivity index (χ4v) is 12.5. The lowest BCUT2D eigenvalue weighted by Gasteiger charge is -2.48. The van der Waals surface area contributed by atoms with Gasteiger partial charge in [0.25, 0.3) is 0 Å². The number of ether oxygens (including phenoxy) is 5. The molecule has 0 saturated carbocycles. The van der Waals surface area contributed by atoms with Crippen LogP contribution in [0.5, 0.6) is 0 Å². The van der Waals surface area contributed by atoms with Crippen molar-refractivity contribution >= 4 is 8.32 Å². The van der Waals surface area contributed by atoms with Gasteiger partial charge in [-0.15, -0.1) is 0 Å². The number of aliphatic hydroxyl groups is 1. The molecule has 0 spiro atoms. The van der Waals surface area contributed by atoms with Crippen molar-refractivity contribution in [2.75, 3.05) is 13.7 Å². The van der Waals surface area contributed by atoms with Gasteiger partial charge < -0.3 is 33.2 Å². The maximum atomic E-state index is 11.9. The second-order valence-corrected chi connectivity index (χ2v) is 18.6. The average molecular weight is 651 g/mol. The Kier molecular flexibility index (Phi) is 14.0. The Bertz CT molecular complexity index is 1240. The first kappa shape index (κ1) is 36.4. The van der Waals surface area contributed by atoms with Crippen molar-refractivity contribution in [3.8, 4) is 0 Å². The largest absolute Gasteiger partial charge is 0.413 e. The van der Waals surface area contributed by atoms with Gasteiger partial charge in [0.2, 0.25) is 0 Å². The van der Waals surface area contributed by atoms with Crippen LogP contribution >= 0.6 is 0 Å². The quantitative estimate of drug-likeness (QED) is 0.150. The van der Waals surface area contributed by atoms with Crippen LogP contribution in [0.1, 0.15) is 58.2 Å². The zero-order chi connectivity index (χ0) is 33.1. The number of methoxy groups -OCH3 is 1. The summed E-state index contributed by atoms with van der Waals surface area (Å²) in [6, 6.07) is 30.0. The molecule has 3 aromatic carbocycles. The van der Waals surface area contributed by atoms with Crippen molar-refractivity contribution in [3.05, 3.63) is 108 Å². The molecule has 1 aliphatic rings. The maximum Gasteiger partial charge on any atom is 0.200 e. The van der Waals surface area contributed by atoms with E-state index in [4.69, 9.17) is 28.1 Å². The Hall–Kier alpha value is -2.40. The highest BCUT2D eigenvalue weighted by molar-refractivity contribution is 6.77. The lowest BCUT2D eigenvalue weighted by atomic mass is 9.94. The van der Waals surface area contributed by atoms with Crippen LogP contribution < -0.4 is 0 Å². The molecule has 0 bridgehead atoms. The SMILES string of the molecule is CO[C@@H]1O[C@H]([C@@H](O)CO[Si](C(C)C)(C(C)C)C(C)C)[C@@H](OCc2ccccc2)[C@H](OCc2ccccc2)[C@@H]1OCc1ccccc1. The van der Waals surface area contributed by atoms with Gasteiger partial charge in [-0.2, -0.15) is 0 Å². The molecule has 46 heavy (non-hydrogen) atoms. The average Bonchev–Trinajstić information content (AvgIpc) is 3.06. The molecule has 4 rings (SSSR count). The number of aliphatic hydroxyl groups excluding tert-OH is 1. The van der Waals surface area contributed by atoms with Crippen molar-refractivity contribution < 1.29 is 33.2 Å². The normalized spacial score (nSPS) is 22.9. The van der Waals surface area contributed by atoms with Crippen LogP contribution in [0.2, 0.25) is 16.6 Å². The smallest absolute Gasteiger partial charge is 0.200 e. The van der Waals surface area contributed by atoms with Crippen LogP contribution in [0.15, 0.2) is 91.0 Å². The van der Waals surface area contributed by atoms with Crippen LogP contribution in [-0.2, 0) is 47.9 Å². The monoisotopic (exact) mass is 650 g/mol. The van der Waals surface area contributed by atoms with Gasteiger partial charge in [0.05, 0.1) is 26.4 Å². The van der Waals surface area contributed by atoms with E-state index in [2.05, 4.69) is 41.5 Å². The third-order valence-corrected chi connectivity index (χ3v) is 15.3. The summed E-state index contributed by atoms with van der Waals surface area (Å²) in [6.45, 7) is 14.6. The topological polar surface area (TPSA) is 75.6 Å². The third kappa shape index (κ3) is 9.14. The predicted octanol–water partition coefficient (Wildman–Crippen LogP) is 7.67. The van der Waals surface area contributed by atoms with Crippen LogP contribution in [0.4, 0.5) is 0 Å². The summed E-state index contributed by atoms with van der Waals surface area (Å²) in [6.07, 6.45) is -4.50. The molecule has 0 aromatic heterocycles. The number of benzene rings is 3. The van der Waals surface area contributed by atoms with Gasteiger partial charge >= 0.3 is 0 Å². The lowest BCUT2D eigenvalue weighted by Crippen LogP contribution is -2.64. The van der Waals surface area contributed by atoms with E-state index in [-0.39, 0.29) is 6.61 Å². The van der Waals surface area contributed by atoms with Crippen molar-refractivity contribution in [1.29, 1.82) is 0 Å². The molecule has 6 atom stereocenters. The molecular formula is C38H54O7Si. The van der Waals surface area contributed by atoms with Gasteiger partial charge in [-0.3, -0.25) is 0 Å². The van der Waals surface area contributed by atoms with Crippen molar-refractivity contribution in [2.45, 2.75) is 115 Å². The Morgan fingerprint density at radius 1 is 0.609 bits per heavy atom. The Balaban J connectivity index is 1.66. The fraction of sp³-hybridized carbons (Fsp3) is 0.526. The van der Waals surface area contributed by atoms with E-state index >= 15 is 0 Å². The molecule has 7 nitrogen and oxygen atoms in total. The fourth-order valence-electron chi connectivity index (χ4n) is 7.02. The lowest BCUT2D eigenvalue weighted by molar-refractivity contribution is -0.330. The minimum absolute atomic E-state index is 0.133. The van der Waals surface area contributed by atoms with Gasteiger partial charge in [0.15, 0.2) is 14.6 Å².